The van der Waals surface area contributed by atoms with E-state index in [1.54, 1.807) is 11.7 Å². The Morgan fingerprint density at radius 1 is 1.53 bits per heavy atom. The molecule has 1 rings (SSSR count). The SMILES string of the molecule is CCNC(C)(CCSc1nnnn1C)C(=O)OCC. The lowest BCUT2D eigenvalue weighted by Crippen LogP contribution is -2.50. The molecule has 7 nitrogen and oxygen atoms in total. The zero-order valence-electron chi connectivity index (χ0n) is 11.8. The monoisotopic (exact) mass is 287 g/mol. The molecule has 1 atom stereocenters. The molecular weight excluding hydrogens is 266 g/mol. The third-order valence-electron chi connectivity index (χ3n) is 2.71. The summed E-state index contributed by atoms with van der Waals surface area (Å²) in [4.78, 5) is 12.0. The van der Waals surface area contributed by atoms with Crippen molar-refractivity contribution in [3.05, 3.63) is 0 Å². The molecule has 0 bridgehead atoms. The van der Waals surface area contributed by atoms with Crippen molar-refractivity contribution < 1.29 is 9.53 Å². The van der Waals surface area contributed by atoms with Gasteiger partial charge in [0.05, 0.1) is 6.61 Å². The van der Waals surface area contributed by atoms with E-state index in [4.69, 9.17) is 4.74 Å². The maximum absolute atomic E-state index is 12.0. The third-order valence-corrected chi connectivity index (χ3v) is 3.72. The highest BCUT2D eigenvalue weighted by Crippen LogP contribution is 2.20. The van der Waals surface area contributed by atoms with Crippen LogP contribution in [0.25, 0.3) is 0 Å². The average Bonchev–Trinajstić information content (AvgIpc) is 2.76. The van der Waals surface area contributed by atoms with Gasteiger partial charge in [0.2, 0.25) is 5.16 Å². The Kier molecular flexibility index (Phi) is 6.23. The van der Waals surface area contributed by atoms with E-state index in [-0.39, 0.29) is 5.97 Å². The molecule has 0 amide bonds. The maximum atomic E-state index is 12.0. The first-order chi connectivity index (χ1) is 9.03. The van der Waals surface area contributed by atoms with E-state index in [1.165, 1.54) is 11.8 Å². The van der Waals surface area contributed by atoms with Crippen LogP contribution in [0.15, 0.2) is 5.16 Å². The number of rotatable bonds is 8. The van der Waals surface area contributed by atoms with Gasteiger partial charge in [-0.25, -0.2) is 4.68 Å². The number of carbonyl (C=O) groups is 1. The third kappa shape index (κ3) is 4.46. The summed E-state index contributed by atoms with van der Waals surface area (Å²) in [7, 11) is 1.79. The number of esters is 1. The van der Waals surface area contributed by atoms with Gasteiger partial charge in [-0.15, -0.1) is 5.10 Å². The Hall–Kier alpha value is -1.15. The predicted molar refractivity (Wildman–Crippen MR) is 72.9 cm³/mol. The Bertz CT molecular complexity index is 412. The zero-order valence-corrected chi connectivity index (χ0v) is 12.7. The summed E-state index contributed by atoms with van der Waals surface area (Å²) >= 11 is 1.52. The van der Waals surface area contributed by atoms with Crippen LogP contribution in [0.4, 0.5) is 0 Å². The number of carbonyl (C=O) groups excluding carboxylic acids is 1. The van der Waals surface area contributed by atoms with Crippen molar-refractivity contribution in [3.8, 4) is 0 Å². The highest BCUT2D eigenvalue weighted by atomic mass is 32.2. The lowest BCUT2D eigenvalue weighted by Gasteiger charge is -2.27. The number of nitrogens with one attached hydrogen (secondary N) is 1. The normalized spacial score (nSPS) is 14.1. The number of ether oxygens (including phenoxy) is 1. The van der Waals surface area contributed by atoms with Gasteiger partial charge in [0.1, 0.15) is 5.54 Å². The lowest BCUT2D eigenvalue weighted by atomic mass is 9.99. The molecule has 0 radical (unpaired) electrons. The van der Waals surface area contributed by atoms with Crippen molar-refractivity contribution in [1.29, 1.82) is 0 Å². The maximum Gasteiger partial charge on any atom is 0.326 e. The van der Waals surface area contributed by atoms with Gasteiger partial charge in [-0.05, 0) is 37.2 Å². The van der Waals surface area contributed by atoms with Crippen molar-refractivity contribution in [2.45, 2.75) is 37.9 Å². The van der Waals surface area contributed by atoms with Gasteiger partial charge < -0.3 is 10.1 Å². The van der Waals surface area contributed by atoms with Crippen molar-refractivity contribution in [1.82, 2.24) is 25.5 Å². The summed E-state index contributed by atoms with van der Waals surface area (Å²) < 4.78 is 6.73. The van der Waals surface area contributed by atoms with Crippen LogP contribution in [-0.4, -0.2) is 50.6 Å². The minimum Gasteiger partial charge on any atom is -0.465 e. The van der Waals surface area contributed by atoms with E-state index in [1.807, 2.05) is 20.8 Å². The zero-order chi connectivity index (χ0) is 14.3. The van der Waals surface area contributed by atoms with Crippen LogP contribution in [0.1, 0.15) is 27.2 Å². The molecule has 1 N–H and O–H groups in total. The first kappa shape index (κ1) is 15.9. The molecule has 0 aromatic carbocycles. The molecular formula is C11H21N5O2S. The van der Waals surface area contributed by atoms with Crippen molar-refractivity contribution in [3.63, 3.8) is 0 Å². The fourth-order valence-electron chi connectivity index (χ4n) is 1.63. The fraction of sp³-hybridized carbons (Fsp3) is 0.818. The van der Waals surface area contributed by atoms with E-state index in [0.29, 0.717) is 19.6 Å². The largest absolute Gasteiger partial charge is 0.465 e. The molecule has 1 aromatic rings. The van der Waals surface area contributed by atoms with Crippen molar-refractivity contribution in [2.75, 3.05) is 18.9 Å². The van der Waals surface area contributed by atoms with Crippen LogP contribution in [0.5, 0.6) is 0 Å². The molecule has 0 fully saturated rings. The first-order valence-electron chi connectivity index (χ1n) is 6.31. The Labute approximate surface area is 117 Å². The fourth-order valence-corrected chi connectivity index (χ4v) is 2.64. The van der Waals surface area contributed by atoms with Gasteiger partial charge in [-0.1, -0.05) is 18.7 Å². The smallest absolute Gasteiger partial charge is 0.326 e. The van der Waals surface area contributed by atoms with E-state index in [0.717, 1.165) is 10.9 Å². The van der Waals surface area contributed by atoms with Gasteiger partial charge in [-0.2, -0.15) is 0 Å². The summed E-state index contributed by atoms with van der Waals surface area (Å²) in [5.74, 6) is 0.518. The van der Waals surface area contributed by atoms with Gasteiger partial charge >= 0.3 is 5.97 Å². The lowest BCUT2D eigenvalue weighted by molar-refractivity contribution is -0.150. The van der Waals surface area contributed by atoms with Gasteiger partial charge in [0.15, 0.2) is 0 Å². The molecule has 1 unspecified atom stereocenters. The first-order valence-corrected chi connectivity index (χ1v) is 7.29. The minimum atomic E-state index is -0.663. The van der Waals surface area contributed by atoms with Crippen molar-refractivity contribution in [2.24, 2.45) is 7.05 Å². The molecule has 0 aliphatic carbocycles. The van der Waals surface area contributed by atoms with Gasteiger partial charge in [0, 0.05) is 12.8 Å². The second-order valence-corrected chi connectivity index (χ2v) is 5.33. The number of tetrazole rings is 1. The molecule has 8 heteroatoms. The molecule has 0 spiro atoms. The highest BCUT2D eigenvalue weighted by molar-refractivity contribution is 7.99. The standard InChI is InChI=1S/C11H21N5O2S/c1-5-12-11(3,9(17)18-6-2)7-8-19-10-13-14-15-16(10)4/h12H,5-8H2,1-4H3. The van der Waals surface area contributed by atoms with E-state index in [2.05, 4.69) is 20.8 Å². The number of hydrogen-bond donors (Lipinski definition) is 1. The van der Waals surface area contributed by atoms with E-state index < -0.39 is 5.54 Å². The minimum absolute atomic E-state index is 0.214. The number of likely N-dealkylation sites (N-methyl/N-ethyl adjacent to an activating group) is 1. The molecule has 0 aliphatic heterocycles. The van der Waals surface area contributed by atoms with Crippen LogP contribution < -0.4 is 5.32 Å². The highest BCUT2D eigenvalue weighted by Gasteiger charge is 2.33. The quantitative estimate of drug-likeness (QED) is 0.554. The second-order valence-electron chi connectivity index (χ2n) is 4.27. The van der Waals surface area contributed by atoms with Crippen LogP contribution >= 0.6 is 11.8 Å². The average molecular weight is 287 g/mol. The topological polar surface area (TPSA) is 81.9 Å². The second kappa shape index (κ2) is 7.44. The number of thioether (sulfide) groups is 1. The molecule has 19 heavy (non-hydrogen) atoms. The Morgan fingerprint density at radius 2 is 2.26 bits per heavy atom. The summed E-state index contributed by atoms with van der Waals surface area (Å²) in [6.45, 7) is 6.75. The van der Waals surface area contributed by atoms with Crippen molar-refractivity contribution >= 4 is 17.7 Å². The predicted octanol–water partition coefficient (Wildman–Crippen LogP) is 0.624. The van der Waals surface area contributed by atoms with Crippen LogP contribution in [0.3, 0.4) is 0 Å². The molecule has 0 saturated carbocycles. The summed E-state index contributed by atoms with van der Waals surface area (Å²) in [5.41, 5.74) is -0.663. The van der Waals surface area contributed by atoms with Crippen LogP contribution in [0, 0.1) is 0 Å². The number of aryl methyl sites for hydroxylation is 1. The number of nitrogens with zero attached hydrogens (tertiary/aromatic N) is 4. The number of hydrogen-bond acceptors (Lipinski definition) is 7. The molecule has 1 aromatic heterocycles. The molecule has 0 saturated heterocycles. The van der Waals surface area contributed by atoms with Gasteiger partial charge in [0.25, 0.3) is 0 Å². The summed E-state index contributed by atoms with van der Waals surface area (Å²) in [6, 6.07) is 0. The van der Waals surface area contributed by atoms with Gasteiger partial charge in [-0.3, -0.25) is 4.79 Å². The summed E-state index contributed by atoms with van der Waals surface area (Å²) in [5, 5.41) is 15.2. The summed E-state index contributed by atoms with van der Waals surface area (Å²) in [6.07, 6.45) is 0.650. The van der Waals surface area contributed by atoms with Crippen LogP contribution in [0.2, 0.25) is 0 Å². The van der Waals surface area contributed by atoms with Crippen LogP contribution in [-0.2, 0) is 16.6 Å². The Balaban J connectivity index is 2.54. The van der Waals surface area contributed by atoms with E-state index in [9.17, 15) is 4.79 Å². The molecule has 0 aliphatic rings. The van der Waals surface area contributed by atoms with E-state index >= 15 is 0 Å². The molecule has 1 heterocycles. The molecule has 108 valence electrons. The Morgan fingerprint density at radius 3 is 2.79 bits per heavy atom. The number of aromatic nitrogens is 4.